The molecule has 1 heterocycles. The van der Waals surface area contributed by atoms with Crippen LogP contribution in [-0.2, 0) is 6.54 Å². The van der Waals surface area contributed by atoms with Crippen molar-refractivity contribution in [3.63, 3.8) is 0 Å². The molecule has 0 bridgehead atoms. The lowest BCUT2D eigenvalue weighted by molar-refractivity contribution is 0.286. The molecule has 0 radical (unpaired) electrons. The van der Waals surface area contributed by atoms with Crippen LogP contribution in [0.4, 0.5) is 4.39 Å². The summed E-state index contributed by atoms with van der Waals surface area (Å²) in [6.07, 6.45) is 2.03. The molecule has 0 N–H and O–H groups in total. The Morgan fingerprint density at radius 1 is 1.35 bits per heavy atom. The SMILES string of the molecule is Cc1cc2c(ccn2CC(C)N(C)C)cc1F. The summed E-state index contributed by atoms with van der Waals surface area (Å²) in [7, 11) is 4.14. The smallest absolute Gasteiger partial charge is 0.126 e. The number of aromatic nitrogens is 1. The van der Waals surface area contributed by atoms with Gasteiger partial charge in [-0.05, 0) is 51.7 Å². The Balaban J connectivity index is 2.39. The van der Waals surface area contributed by atoms with Crippen LogP contribution >= 0.6 is 0 Å². The second kappa shape index (κ2) is 4.49. The minimum absolute atomic E-state index is 0.129. The molecule has 0 fully saturated rings. The summed E-state index contributed by atoms with van der Waals surface area (Å²) < 4.78 is 15.6. The second-order valence-electron chi connectivity index (χ2n) is 4.94. The van der Waals surface area contributed by atoms with Crippen LogP contribution in [-0.4, -0.2) is 29.6 Å². The van der Waals surface area contributed by atoms with Crippen molar-refractivity contribution in [2.75, 3.05) is 14.1 Å². The minimum Gasteiger partial charge on any atom is -0.346 e. The molecule has 0 aliphatic carbocycles. The third-order valence-corrected chi connectivity index (χ3v) is 3.39. The highest BCUT2D eigenvalue weighted by molar-refractivity contribution is 5.81. The van der Waals surface area contributed by atoms with Gasteiger partial charge in [-0.2, -0.15) is 0 Å². The lowest BCUT2D eigenvalue weighted by atomic mass is 10.2. The molecule has 0 saturated heterocycles. The largest absolute Gasteiger partial charge is 0.346 e. The Morgan fingerprint density at radius 3 is 2.71 bits per heavy atom. The fraction of sp³-hybridized carbons (Fsp3) is 0.429. The van der Waals surface area contributed by atoms with Crippen molar-refractivity contribution in [2.45, 2.75) is 26.4 Å². The Bertz CT molecular complexity index is 528. The molecule has 2 aromatic rings. The summed E-state index contributed by atoms with van der Waals surface area (Å²) in [5.74, 6) is -0.129. The van der Waals surface area contributed by atoms with Gasteiger partial charge in [0.05, 0.1) is 0 Å². The van der Waals surface area contributed by atoms with E-state index in [9.17, 15) is 4.39 Å². The zero-order chi connectivity index (χ0) is 12.6. The first kappa shape index (κ1) is 12.1. The summed E-state index contributed by atoms with van der Waals surface area (Å²) in [6, 6.07) is 5.96. The maximum absolute atomic E-state index is 13.4. The van der Waals surface area contributed by atoms with Crippen LogP contribution in [0.5, 0.6) is 0 Å². The third-order valence-electron chi connectivity index (χ3n) is 3.39. The van der Waals surface area contributed by atoms with Gasteiger partial charge in [0.15, 0.2) is 0 Å². The fourth-order valence-electron chi connectivity index (χ4n) is 1.92. The molecular weight excluding hydrogens is 215 g/mol. The van der Waals surface area contributed by atoms with E-state index in [1.165, 1.54) is 0 Å². The van der Waals surface area contributed by atoms with E-state index in [1.54, 1.807) is 6.07 Å². The summed E-state index contributed by atoms with van der Waals surface area (Å²) in [6.45, 7) is 4.91. The fourth-order valence-corrected chi connectivity index (χ4v) is 1.92. The van der Waals surface area contributed by atoms with Gasteiger partial charge in [-0.3, -0.25) is 0 Å². The molecule has 1 aromatic heterocycles. The molecule has 92 valence electrons. The lowest BCUT2D eigenvalue weighted by Gasteiger charge is -2.20. The number of nitrogens with zero attached hydrogens (tertiary/aromatic N) is 2. The Hall–Kier alpha value is -1.35. The van der Waals surface area contributed by atoms with Crippen LogP contribution in [0.1, 0.15) is 12.5 Å². The molecule has 2 rings (SSSR count). The zero-order valence-electron chi connectivity index (χ0n) is 10.9. The van der Waals surface area contributed by atoms with Crippen LogP contribution in [0.25, 0.3) is 10.9 Å². The van der Waals surface area contributed by atoms with Crippen molar-refractivity contribution >= 4 is 10.9 Å². The Labute approximate surface area is 102 Å². The van der Waals surface area contributed by atoms with E-state index in [2.05, 4.69) is 30.5 Å². The first-order chi connectivity index (χ1) is 7.99. The Kier molecular flexibility index (Phi) is 3.20. The zero-order valence-corrected chi connectivity index (χ0v) is 10.9. The normalized spacial score (nSPS) is 13.5. The van der Waals surface area contributed by atoms with Crippen molar-refractivity contribution in [2.24, 2.45) is 0 Å². The van der Waals surface area contributed by atoms with E-state index in [0.29, 0.717) is 11.6 Å². The van der Waals surface area contributed by atoms with Gasteiger partial charge in [0, 0.05) is 29.7 Å². The summed E-state index contributed by atoms with van der Waals surface area (Å²) in [4.78, 5) is 2.18. The van der Waals surface area contributed by atoms with Gasteiger partial charge < -0.3 is 9.47 Å². The highest BCUT2D eigenvalue weighted by atomic mass is 19.1. The van der Waals surface area contributed by atoms with Gasteiger partial charge in [-0.1, -0.05) is 0 Å². The van der Waals surface area contributed by atoms with Crippen LogP contribution in [0.15, 0.2) is 24.4 Å². The number of hydrogen-bond donors (Lipinski definition) is 0. The number of rotatable bonds is 3. The number of aryl methyl sites for hydroxylation is 1. The maximum Gasteiger partial charge on any atom is 0.126 e. The molecule has 0 amide bonds. The highest BCUT2D eigenvalue weighted by Gasteiger charge is 2.09. The van der Waals surface area contributed by atoms with Crippen molar-refractivity contribution in [3.8, 4) is 0 Å². The number of hydrogen-bond acceptors (Lipinski definition) is 1. The molecule has 0 saturated carbocycles. The molecule has 0 aliphatic rings. The van der Waals surface area contributed by atoms with Crippen molar-refractivity contribution in [3.05, 3.63) is 35.8 Å². The first-order valence-electron chi connectivity index (χ1n) is 5.90. The van der Waals surface area contributed by atoms with E-state index in [0.717, 1.165) is 17.4 Å². The van der Waals surface area contributed by atoms with E-state index >= 15 is 0 Å². The third kappa shape index (κ3) is 2.34. The standard InChI is InChI=1S/C14H19FN2/c1-10-7-14-12(8-13(10)15)5-6-17(14)9-11(2)16(3)4/h5-8,11H,9H2,1-4H3. The number of likely N-dealkylation sites (N-methyl/N-ethyl adjacent to an activating group) is 1. The topological polar surface area (TPSA) is 8.17 Å². The molecular formula is C14H19FN2. The van der Waals surface area contributed by atoms with Gasteiger partial charge in [0.25, 0.3) is 0 Å². The molecule has 1 unspecified atom stereocenters. The van der Waals surface area contributed by atoms with Gasteiger partial charge in [0.1, 0.15) is 5.82 Å². The predicted molar refractivity (Wildman–Crippen MR) is 69.8 cm³/mol. The number of fused-ring (bicyclic) bond motifs is 1. The Morgan fingerprint density at radius 2 is 2.06 bits per heavy atom. The summed E-state index contributed by atoms with van der Waals surface area (Å²) >= 11 is 0. The molecule has 2 nitrogen and oxygen atoms in total. The van der Waals surface area contributed by atoms with Gasteiger partial charge in [-0.25, -0.2) is 4.39 Å². The lowest BCUT2D eigenvalue weighted by Crippen LogP contribution is -2.28. The van der Waals surface area contributed by atoms with Gasteiger partial charge >= 0.3 is 0 Å². The summed E-state index contributed by atoms with van der Waals surface area (Å²) in [5, 5.41) is 0.971. The monoisotopic (exact) mass is 234 g/mol. The number of benzene rings is 1. The molecule has 17 heavy (non-hydrogen) atoms. The average Bonchev–Trinajstić information content (AvgIpc) is 2.62. The average molecular weight is 234 g/mol. The van der Waals surface area contributed by atoms with Crippen molar-refractivity contribution in [1.29, 1.82) is 0 Å². The number of halogens is 1. The van der Waals surface area contributed by atoms with E-state index in [1.807, 2.05) is 25.3 Å². The minimum atomic E-state index is -0.129. The van der Waals surface area contributed by atoms with Gasteiger partial charge in [0.2, 0.25) is 0 Å². The summed E-state index contributed by atoms with van der Waals surface area (Å²) in [5.41, 5.74) is 1.81. The molecule has 1 atom stereocenters. The van der Waals surface area contributed by atoms with Gasteiger partial charge in [-0.15, -0.1) is 0 Å². The molecule has 1 aromatic carbocycles. The quantitative estimate of drug-likeness (QED) is 0.792. The van der Waals surface area contributed by atoms with E-state index < -0.39 is 0 Å². The van der Waals surface area contributed by atoms with Crippen LogP contribution in [0, 0.1) is 12.7 Å². The first-order valence-corrected chi connectivity index (χ1v) is 5.90. The van der Waals surface area contributed by atoms with Crippen LogP contribution in [0.2, 0.25) is 0 Å². The van der Waals surface area contributed by atoms with E-state index in [-0.39, 0.29) is 5.82 Å². The highest BCUT2D eigenvalue weighted by Crippen LogP contribution is 2.20. The molecule has 3 heteroatoms. The predicted octanol–water partition coefficient (Wildman–Crippen LogP) is 3.04. The second-order valence-corrected chi connectivity index (χ2v) is 4.94. The van der Waals surface area contributed by atoms with Crippen LogP contribution in [0.3, 0.4) is 0 Å². The van der Waals surface area contributed by atoms with Crippen molar-refractivity contribution in [1.82, 2.24) is 9.47 Å². The van der Waals surface area contributed by atoms with Crippen molar-refractivity contribution < 1.29 is 4.39 Å². The maximum atomic E-state index is 13.4. The molecule has 0 aliphatic heterocycles. The van der Waals surface area contributed by atoms with Crippen LogP contribution < -0.4 is 0 Å². The molecule has 0 spiro atoms. The van der Waals surface area contributed by atoms with E-state index in [4.69, 9.17) is 0 Å².